The van der Waals surface area contributed by atoms with Crippen molar-refractivity contribution in [1.82, 2.24) is 10.2 Å². The summed E-state index contributed by atoms with van der Waals surface area (Å²) >= 11 is 6.01. The third-order valence-electron chi connectivity index (χ3n) is 3.88. The summed E-state index contributed by atoms with van der Waals surface area (Å²) in [5, 5.41) is 22.6. The van der Waals surface area contributed by atoms with E-state index in [0.29, 0.717) is 16.5 Å². The van der Waals surface area contributed by atoms with Gasteiger partial charge in [-0.1, -0.05) is 18.5 Å². The molecule has 0 bridgehead atoms. The molecule has 2 aromatic carbocycles. The minimum Gasteiger partial charge on any atom is -0.423 e. The van der Waals surface area contributed by atoms with E-state index >= 15 is 0 Å². The van der Waals surface area contributed by atoms with E-state index in [1.165, 1.54) is 13.3 Å². The highest BCUT2D eigenvalue weighted by molar-refractivity contribution is 6.32. The molecule has 3 aromatic rings. The second-order valence-electron chi connectivity index (χ2n) is 6.14. The summed E-state index contributed by atoms with van der Waals surface area (Å²) in [6, 6.07) is 12.9. The molecule has 1 aromatic heterocycles. The quantitative estimate of drug-likeness (QED) is 0.609. The van der Waals surface area contributed by atoms with Crippen molar-refractivity contribution in [3.05, 3.63) is 58.9 Å². The maximum absolute atomic E-state index is 10.8. The molecule has 2 N–H and O–H groups in total. The molecule has 0 aliphatic rings. The number of benzene rings is 2. The SMILES string of the molecule is CC(=O)Nc1ccc(-c2nnco2)cc1.CCCNc1ccc(C#N)c(Cl)c1C. The number of amides is 1. The Hall–Kier alpha value is -3.37. The van der Waals surface area contributed by atoms with Crippen LogP contribution in [0.5, 0.6) is 0 Å². The van der Waals surface area contributed by atoms with Crippen molar-refractivity contribution < 1.29 is 9.21 Å². The van der Waals surface area contributed by atoms with Gasteiger partial charge in [0.1, 0.15) is 6.07 Å². The predicted octanol–water partition coefficient (Wildman–Crippen LogP) is 5.04. The fourth-order valence-corrected chi connectivity index (χ4v) is 2.63. The number of nitrogens with one attached hydrogen (secondary N) is 2. The summed E-state index contributed by atoms with van der Waals surface area (Å²) in [5.74, 6) is 0.366. The fraction of sp³-hybridized carbons (Fsp3) is 0.238. The standard InChI is InChI=1S/C11H13ClN2.C10H9N3O2/c1-3-6-14-10-5-4-9(7-13)11(12)8(10)2;1-7(14)12-9-4-2-8(3-5-9)10-13-11-6-15-10/h4-5,14H,3,6H2,1-2H3;2-6H,1H3,(H,12,14). The van der Waals surface area contributed by atoms with Crippen LogP contribution in [0.15, 0.2) is 47.2 Å². The van der Waals surface area contributed by atoms with Gasteiger partial charge in [0, 0.05) is 30.4 Å². The summed E-state index contributed by atoms with van der Waals surface area (Å²) < 4.78 is 5.03. The van der Waals surface area contributed by atoms with E-state index < -0.39 is 0 Å². The summed E-state index contributed by atoms with van der Waals surface area (Å²) in [6.45, 7) is 6.41. The fourth-order valence-electron chi connectivity index (χ4n) is 2.42. The zero-order valence-corrected chi connectivity index (χ0v) is 17.2. The van der Waals surface area contributed by atoms with Gasteiger partial charge in [0.05, 0.1) is 10.6 Å². The van der Waals surface area contributed by atoms with Crippen LogP contribution in [0.1, 0.15) is 31.4 Å². The second-order valence-corrected chi connectivity index (χ2v) is 6.52. The van der Waals surface area contributed by atoms with Gasteiger partial charge < -0.3 is 15.1 Å². The molecule has 0 radical (unpaired) electrons. The van der Waals surface area contributed by atoms with Crippen molar-refractivity contribution >= 4 is 28.9 Å². The van der Waals surface area contributed by atoms with E-state index in [9.17, 15) is 4.79 Å². The Labute approximate surface area is 174 Å². The molecule has 0 aliphatic carbocycles. The van der Waals surface area contributed by atoms with Crippen LogP contribution in [-0.4, -0.2) is 22.6 Å². The molecule has 29 heavy (non-hydrogen) atoms. The Morgan fingerprint density at radius 2 is 1.97 bits per heavy atom. The van der Waals surface area contributed by atoms with Gasteiger partial charge in [-0.05, 0) is 55.3 Å². The average Bonchev–Trinajstić information content (AvgIpc) is 3.25. The monoisotopic (exact) mass is 411 g/mol. The molecule has 3 rings (SSSR count). The Morgan fingerprint density at radius 3 is 2.52 bits per heavy atom. The van der Waals surface area contributed by atoms with Gasteiger partial charge in [-0.2, -0.15) is 5.26 Å². The van der Waals surface area contributed by atoms with Crippen LogP contribution in [-0.2, 0) is 4.79 Å². The van der Waals surface area contributed by atoms with Crippen molar-refractivity contribution in [2.45, 2.75) is 27.2 Å². The molecule has 0 unspecified atom stereocenters. The van der Waals surface area contributed by atoms with Crippen molar-refractivity contribution in [3.8, 4) is 17.5 Å². The summed E-state index contributed by atoms with van der Waals surface area (Å²) in [6.07, 6.45) is 2.34. The third-order valence-corrected chi connectivity index (χ3v) is 4.37. The van der Waals surface area contributed by atoms with E-state index in [1.807, 2.05) is 13.0 Å². The van der Waals surface area contributed by atoms with Crippen LogP contribution in [0.2, 0.25) is 5.02 Å². The van der Waals surface area contributed by atoms with Crippen LogP contribution in [0.3, 0.4) is 0 Å². The van der Waals surface area contributed by atoms with Gasteiger partial charge in [0.2, 0.25) is 18.2 Å². The number of rotatable bonds is 5. The molecule has 0 spiro atoms. The maximum atomic E-state index is 10.8. The zero-order valence-electron chi connectivity index (χ0n) is 16.5. The lowest BCUT2D eigenvalue weighted by Crippen LogP contribution is -2.05. The number of carbonyl (C=O) groups excluding carboxylic acids is 1. The van der Waals surface area contributed by atoms with Crippen LogP contribution in [0.25, 0.3) is 11.5 Å². The van der Waals surface area contributed by atoms with E-state index in [2.05, 4.69) is 33.8 Å². The van der Waals surface area contributed by atoms with Crippen molar-refractivity contribution in [1.29, 1.82) is 5.26 Å². The Bertz CT molecular complexity index is 980. The number of anilines is 2. The smallest absolute Gasteiger partial charge is 0.247 e. The van der Waals surface area contributed by atoms with Gasteiger partial charge in [-0.15, -0.1) is 10.2 Å². The van der Waals surface area contributed by atoms with Crippen LogP contribution in [0.4, 0.5) is 11.4 Å². The molecule has 150 valence electrons. The molecule has 8 heteroatoms. The topological polar surface area (TPSA) is 104 Å². The molecule has 1 heterocycles. The maximum Gasteiger partial charge on any atom is 0.247 e. The number of nitrogens with zero attached hydrogens (tertiary/aromatic N) is 3. The lowest BCUT2D eigenvalue weighted by Gasteiger charge is -2.10. The van der Waals surface area contributed by atoms with E-state index in [-0.39, 0.29) is 5.91 Å². The summed E-state index contributed by atoms with van der Waals surface area (Å²) in [5.41, 5.74) is 4.05. The van der Waals surface area contributed by atoms with Crippen molar-refractivity contribution in [3.63, 3.8) is 0 Å². The lowest BCUT2D eigenvalue weighted by molar-refractivity contribution is -0.114. The average molecular weight is 412 g/mol. The Kier molecular flexibility index (Phi) is 8.19. The molecule has 0 aliphatic heterocycles. The first-order valence-corrected chi connectivity index (χ1v) is 9.41. The van der Waals surface area contributed by atoms with Crippen LogP contribution >= 0.6 is 11.6 Å². The highest BCUT2D eigenvalue weighted by atomic mass is 35.5. The predicted molar refractivity (Wildman–Crippen MR) is 114 cm³/mol. The summed E-state index contributed by atoms with van der Waals surface area (Å²) in [4.78, 5) is 10.8. The van der Waals surface area contributed by atoms with E-state index in [0.717, 1.165) is 35.5 Å². The zero-order chi connectivity index (χ0) is 21.2. The molecular weight excluding hydrogens is 390 g/mol. The number of hydrogen-bond donors (Lipinski definition) is 2. The number of carbonyl (C=O) groups is 1. The molecule has 7 nitrogen and oxygen atoms in total. The van der Waals surface area contributed by atoms with Crippen molar-refractivity contribution in [2.24, 2.45) is 0 Å². The first kappa shape index (κ1) is 21.9. The number of nitriles is 1. The first-order chi connectivity index (χ1) is 14.0. The molecular formula is C21H22ClN5O2. The van der Waals surface area contributed by atoms with Crippen LogP contribution in [0, 0.1) is 18.3 Å². The molecule has 0 fully saturated rings. The van der Waals surface area contributed by atoms with Gasteiger partial charge in [-0.3, -0.25) is 4.79 Å². The van der Waals surface area contributed by atoms with Gasteiger partial charge in [-0.25, -0.2) is 0 Å². The minimum absolute atomic E-state index is 0.0967. The summed E-state index contributed by atoms with van der Waals surface area (Å²) in [7, 11) is 0. The van der Waals surface area contributed by atoms with E-state index in [1.54, 1.807) is 30.3 Å². The Balaban J connectivity index is 0.000000208. The van der Waals surface area contributed by atoms with E-state index in [4.69, 9.17) is 21.3 Å². The lowest BCUT2D eigenvalue weighted by atomic mass is 10.1. The number of aromatic nitrogens is 2. The first-order valence-electron chi connectivity index (χ1n) is 9.03. The molecule has 0 saturated carbocycles. The largest absolute Gasteiger partial charge is 0.423 e. The number of hydrogen-bond acceptors (Lipinski definition) is 6. The van der Waals surface area contributed by atoms with Crippen molar-refractivity contribution in [2.75, 3.05) is 17.2 Å². The van der Waals surface area contributed by atoms with Gasteiger partial charge in [0.15, 0.2) is 0 Å². The number of halogens is 1. The second kappa shape index (κ2) is 10.8. The van der Waals surface area contributed by atoms with Gasteiger partial charge >= 0.3 is 0 Å². The third kappa shape index (κ3) is 6.33. The normalized spacial score (nSPS) is 9.76. The highest BCUT2D eigenvalue weighted by Gasteiger charge is 2.06. The molecule has 0 saturated heterocycles. The van der Waals surface area contributed by atoms with Crippen LogP contribution < -0.4 is 10.6 Å². The highest BCUT2D eigenvalue weighted by Crippen LogP contribution is 2.26. The molecule has 1 amide bonds. The minimum atomic E-state index is -0.0967. The molecule has 0 atom stereocenters. The van der Waals surface area contributed by atoms with Gasteiger partial charge in [0.25, 0.3) is 0 Å². The Morgan fingerprint density at radius 1 is 1.24 bits per heavy atom.